The average Bonchev–Trinajstić information content (AvgIpc) is 3.21. The van der Waals surface area contributed by atoms with E-state index in [1.165, 1.54) is 0 Å². The smallest absolute Gasteiger partial charge is 0.190 e. The van der Waals surface area contributed by atoms with Crippen LogP contribution >= 0.6 is 12.6 Å². The van der Waals surface area contributed by atoms with Crippen molar-refractivity contribution in [1.82, 2.24) is 0 Å². The summed E-state index contributed by atoms with van der Waals surface area (Å²) in [7, 11) is 0. The molecule has 0 spiro atoms. The highest BCUT2D eigenvalue weighted by Crippen LogP contribution is 2.34. The lowest BCUT2D eigenvalue weighted by molar-refractivity contribution is -0.110. The molecular weight excluding hydrogens is 401 g/mol. The Balaban J connectivity index is 1.70. The first-order valence-electron chi connectivity index (χ1n) is 9.47. The van der Waals surface area contributed by atoms with Gasteiger partial charge >= 0.3 is 0 Å². The summed E-state index contributed by atoms with van der Waals surface area (Å²) in [4.78, 5) is 11.4. The van der Waals surface area contributed by atoms with E-state index >= 15 is 0 Å². The van der Waals surface area contributed by atoms with Gasteiger partial charge in [0.25, 0.3) is 0 Å². The number of carbonyl (C=O) groups excluding carboxylic acids is 1. The second-order valence-corrected chi connectivity index (χ2v) is 7.42. The van der Waals surface area contributed by atoms with Gasteiger partial charge in [0.05, 0.1) is 6.26 Å². The minimum Gasteiger partial charge on any atom is -0.489 e. The summed E-state index contributed by atoms with van der Waals surface area (Å²) in [6, 6.07) is 18.1. The van der Waals surface area contributed by atoms with Crippen LogP contribution in [0.3, 0.4) is 0 Å². The van der Waals surface area contributed by atoms with Gasteiger partial charge in [-0.15, -0.1) is 12.6 Å². The van der Waals surface area contributed by atoms with Crippen molar-refractivity contribution in [1.29, 1.82) is 0 Å². The largest absolute Gasteiger partial charge is 0.489 e. The minimum atomic E-state index is -0.335. The van der Waals surface area contributed by atoms with Crippen LogP contribution in [-0.4, -0.2) is 5.12 Å². The van der Waals surface area contributed by atoms with Crippen LogP contribution in [-0.2, 0) is 24.4 Å². The van der Waals surface area contributed by atoms with E-state index in [4.69, 9.17) is 14.9 Å². The van der Waals surface area contributed by atoms with Crippen LogP contribution < -0.4 is 10.5 Å². The van der Waals surface area contributed by atoms with Crippen LogP contribution in [0.4, 0.5) is 4.39 Å². The number of rotatable bonds is 7. The van der Waals surface area contributed by atoms with Gasteiger partial charge in [0.15, 0.2) is 5.12 Å². The van der Waals surface area contributed by atoms with Crippen molar-refractivity contribution in [2.75, 3.05) is 0 Å². The number of para-hydroxylation sites is 1. The van der Waals surface area contributed by atoms with E-state index in [2.05, 4.69) is 12.6 Å². The van der Waals surface area contributed by atoms with Crippen LogP contribution in [0.1, 0.15) is 16.7 Å². The first-order valence-corrected chi connectivity index (χ1v) is 9.92. The topological polar surface area (TPSA) is 65.5 Å². The maximum atomic E-state index is 15.0. The van der Waals surface area contributed by atoms with Gasteiger partial charge < -0.3 is 14.9 Å². The summed E-state index contributed by atoms with van der Waals surface area (Å²) in [5.74, 6) is 0.274. The summed E-state index contributed by atoms with van der Waals surface area (Å²) in [6.45, 7) is 0.358. The standard InChI is InChI=1S/C24H20FNO3S/c25-24-17(13-26)5-3-6-19(24)20-10-15(11-22-18(20)8-9-28-22)14-29-21-7-2-1-4-16(21)12-23(27)30/h1-11H,12-14,26H2,(H,27,30). The highest BCUT2D eigenvalue weighted by Gasteiger charge is 2.15. The van der Waals surface area contributed by atoms with Gasteiger partial charge in [-0.2, -0.15) is 0 Å². The number of hydrogen-bond acceptors (Lipinski definition) is 4. The Morgan fingerprint density at radius 3 is 2.63 bits per heavy atom. The zero-order chi connectivity index (χ0) is 21.1. The monoisotopic (exact) mass is 421 g/mol. The minimum absolute atomic E-state index is 0.123. The maximum absolute atomic E-state index is 15.0. The van der Waals surface area contributed by atoms with Gasteiger partial charge in [0, 0.05) is 35.0 Å². The molecule has 0 saturated carbocycles. The summed E-state index contributed by atoms with van der Waals surface area (Å²) >= 11 is 3.86. The number of halogens is 1. The number of hydrogen-bond donors (Lipinski definition) is 2. The zero-order valence-corrected chi connectivity index (χ0v) is 17.0. The van der Waals surface area contributed by atoms with Crippen molar-refractivity contribution >= 4 is 28.7 Å². The fraction of sp³-hybridized carbons (Fsp3) is 0.125. The van der Waals surface area contributed by atoms with Crippen molar-refractivity contribution in [3.8, 4) is 16.9 Å². The number of benzene rings is 3. The molecule has 0 atom stereocenters. The van der Waals surface area contributed by atoms with Gasteiger partial charge in [0.2, 0.25) is 0 Å². The average molecular weight is 421 g/mol. The lowest BCUT2D eigenvalue weighted by Gasteiger charge is -2.13. The highest BCUT2D eigenvalue weighted by molar-refractivity contribution is 7.96. The molecule has 0 radical (unpaired) electrons. The van der Waals surface area contributed by atoms with E-state index in [9.17, 15) is 9.18 Å². The summed E-state index contributed by atoms with van der Waals surface area (Å²) < 4.78 is 26.5. The van der Waals surface area contributed by atoms with Gasteiger partial charge in [-0.05, 0) is 35.4 Å². The molecule has 0 amide bonds. The molecule has 4 nitrogen and oxygen atoms in total. The lowest BCUT2D eigenvalue weighted by Crippen LogP contribution is -2.02. The molecule has 4 rings (SSSR count). The molecule has 1 heterocycles. The Morgan fingerprint density at radius 2 is 1.83 bits per heavy atom. The number of fused-ring (bicyclic) bond motifs is 1. The van der Waals surface area contributed by atoms with Gasteiger partial charge in [-0.3, -0.25) is 4.79 Å². The molecule has 0 aliphatic rings. The summed E-state index contributed by atoms with van der Waals surface area (Å²) in [5, 5.41) is 0.577. The third kappa shape index (κ3) is 4.10. The number of thiol groups is 1. The Morgan fingerprint density at radius 1 is 1.03 bits per heavy atom. The van der Waals surface area contributed by atoms with Gasteiger partial charge in [0.1, 0.15) is 23.8 Å². The quantitative estimate of drug-likeness (QED) is 0.399. The lowest BCUT2D eigenvalue weighted by atomic mass is 9.97. The molecule has 0 aliphatic heterocycles. The maximum Gasteiger partial charge on any atom is 0.190 e. The zero-order valence-electron chi connectivity index (χ0n) is 16.1. The Kier molecular flexibility index (Phi) is 5.88. The van der Waals surface area contributed by atoms with Crippen molar-refractivity contribution in [2.24, 2.45) is 5.73 Å². The van der Waals surface area contributed by atoms with E-state index in [1.807, 2.05) is 42.5 Å². The summed E-state index contributed by atoms with van der Waals surface area (Å²) in [5.41, 5.74) is 9.53. The molecule has 4 aromatic rings. The van der Waals surface area contributed by atoms with Crippen LogP contribution in [0, 0.1) is 5.82 Å². The Labute approximate surface area is 178 Å². The molecule has 0 saturated heterocycles. The van der Waals surface area contributed by atoms with Gasteiger partial charge in [-0.1, -0.05) is 36.4 Å². The molecule has 0 aliphatic carbocycles. The fourth-order valence-electron chi connectivity index (χ4n) is 3.49. The van der Waals surface area contributed by atoms with E-state index in [0.717, 1.165) is 16.5 Å². The van der Waals surface area contributed by atoms with Gasteiger partial charge in [-0.25, -0.2) is 4.39 Å². The van der Waals surface area contributed by atoms with E-state index in [1.54, 1.807) is 24.5 Å². The number of nitrogens with two attached hydrogens (primary N) is 1. The molecule has 1 aromatic heterocycles. The second-order valence-electron chi connectivity index (χ2n) is 6.93. The highest BCUT2D eigenvalue weighted by atomic mass is 32.1. The Hall–Kier alpha value is -3.09. The number of carbonyl (C=O) groups is 1. The van der Waals surface area contributed by atoms with E-state index < -0.39 is 0 Å². The predicted octanol–water partition coefficient (Wildman–Crippen LogP) is 5.28. The molecule has 0 bridgehead atoms. The number of ether oxygens (including phenoxy) is 1. The van der Waals surface area contributed by atoms with Crippen molar-refractivity contribution < 1.29 is 18.3 Å². The molecule has 6 heteroatoms. The van der Waals surface area contributed by atoms with Crippen LogP contribution in [0.15, 0.2) is 71.3 Å². The molecule has 3 aromatic carbocycles. The fourth-order valence-corrected chi connectivity index (χ4v) is 3.67. The number of furan rings is 1. The molecule has 0 unspecified atom stereocenters. The Bertz CT molecular complexity index is 1220. The predicted molar refractivity (Wildman–Crippen MR) is 118 cm³/mol. The normalized spacial score (nSPS) is 11.0. The molecule has 30 heavy (non-hydrogen) atoms. The second kappa shape index (κ2) is 8.73. The first-order chi connectivity index (χ1) is 14.6. The van der Waals surface area contributed by atoms with Crippen LogP contribution in [0.25, 0.3) is 22.1 Å². The SMILES string of the molecule is NCc1cccc(-c2cc(COc3ccccc3CC(=O)S)cc3occc23)c1F. The van der Waals surface area contributed by atoms with Crippen LogP contribution in [0.5, 0.6) is 5.75 Å². The van der Waals surface area contributed by atoms with Crippen molar-refractivity contribution in [2.45, 2.75) is 19.6 Å². The summed E-state index contributed by atoms with van der Waals surface area (Å²) in [6.07, 6.45) is 1.76. The molecule has 2 N–H and O–H groups in total. The third-order valence-electron chi connectivity index (χ3n) is 4.93. The molecule has 0 fully saturated rings. The molecular formula is C24H20FNO3S. The third-order valence-corrected chi connectivity index (χ3v) is 5.09. The van der Waals surface area contributed by atoms with E-state index in [-0.39, 0.29) is 30.5 Å². The van der Waals surface area contributed by atoms with Crippen molar-refractivity contribution in [3.05, 3.63) is 89.4 Å². The van der Waals surface area contributed by atoms with E-state index in [0.29, 0.717) is 28.0 Å². The van der Waals surface area contributed by atoms with Crippen molar-refractivity contribution in [3.63, 3.8) is 0 Å². The first kappa shape index (κ1) is 20.2. The van der Waals surface area contributed by atoms with Crippen LogP contribution in [0.2, 0.25) is 0 Å². The molecule has 152 valence electrons.